The van der Waals surface area contributed by atoms with E-state index in [0.29, 0.717) is 5.06 Å². The van der Waals surface area contributed by atoms with Gasteiger partial charge in [-0.15, -0.1) is 5.06 Å². The lowest BCUT2D eigenvalue weighted by atomic mass is 10.00. The van der Waals surface area contributed by atoms with Crippen LogP contribution in [-0.4, -0.2) is 41.2 Å². The van der Waals surface area contributed by atoms with E-state index in [9.17, 15) is 14.4 Å². The van der Waals surface area contributed by atoms with Crippen LogP contribution in [0, 0.1) is 5.92 Å². The van der Waals surface area contributed by atoms with E-state index in [4.69, 9.17) is 9.57 Å². The van der Waals surface area contributed by atoms with Gasteiger partial charge in [0, 0.05) is 12.8 Å². The van der Waals surface area contributed by atoms with E-state index in [2.05, 4.69) is 5.32 Å². The van der Waals surface area contributed by atoms with Gasteiger partial charge in [-0.3, -0.25) is 14.9 Å². The SMILES string of the molecule is CC[C@H](C)[C@H](NCOC(C)(C)C)C(=O)ON1C(=O)CCC1=O. The van der Waals surface area contributed by atoms with Crippen molar-refractivity contribution in [3.63, 3.8) is 0 Å². The summed E-state index contributed by atoms with van der Waals surface area (Å²) >= 11 is 0. The molecule has 0 spiro atoms. The molecule has 0 aromatic rings. The van der Waals surface area contributed by atoms with Crippen molar-refractivity contribution in [1.82, 2.24) is 10.4 Å². The quantitative estimate of drug-likeness (QED) is 0.564. The number of rotatable bonds is 7. The highest BCUT2D eigenvalue weighted by Gasteiger charge is 2.36. The van der Waals surface area contributed by atoms with Gasteiger partial charge < -0.3 is 9.57 Å². The maximum atomic E-state index is 12.3. The lowest BCUT2D eigenvalue weighted by Crippen LogP contribution is -2.47. The van der Waals surface area contributed by atoms with Crippen LogP contribution in [0.25, 0.3) is 0 Å². The van der Waals surface area contributed by atoms with Gasteiger partial charge in [0.25, 0.3) is 11.8 Å². The van der Waals surface area contributed by atoms with Gasteiger partial charge in [0.15, 0.2) is 0 Å². The fraction of sp³-hybridized carbons (Fsp3) is 0.800. The molecule has 0 aliphatic carbocycles. The Morgan fingerprint density at radius 1 is 1.27 bits per heavy atom. The Morgan fingerprint density at radius 2 is 1.82 bits per heavy atom. The number of nitrogens with zero attached hydrogens (tertiary/aromatic N) is 1. The molecule has 22 heavy (non-hydrogen) atoms. The number of carbonyl (C=O) groups excluding carboxylic acids is 3. The summed E-state index contributed by atoms with van der Waals surface area (Å²) in [6.45, 7) is 9.75. The Balaban J connectivity index is 2.64. The van der Waals surface area contributed by atoms with Crippen molar-refractivity contribution in [3.8, 4) is 0 Å². The summed E-state index contributed by atoms with van der Waals surface area (Å²) in [7, 11) is 0. The summed E-state index contributed by atoms with van der Waals surface area (Å²) in [6.07, 6.45) is 0.908. The zero-order chi connectivity index (χ0) is 16.9. The monoisotopic (exact) mass is 314 g/mol. The molecule has 0 bridgehead atoms. The summed E-state index contributed by atoms with van der Waals surface area (Å²) in [5.41, 5.74) is -0.336. The zero-order valence-corrected chi connectivity index (χ0v) is 14.0. The molecule has 0 saturated carbocycles. The van der Waals surface area contributed by atoms with Crippen LogP contribution >= 0.6 is 0 Å². The van der Waals surface area contributed by atoms with E-state index in [1.165, 1.54) is 0 Å². The second-order valence-corrected chi connectivity index (χ2v) is 6.46. The highest BCUT2D eigenvalue weighted by molar-refractivity contribution is 6.01. The molecule has 1 rings (SSSR count). The standard InChI is InChI=1S/C15H26N2O5/c1-6-10(2)13(16-9-21-15(3,4)5)14(20)22-17-11(18)7-8-12(17)19/h10,13,16H,6-9H2,1-5H3/t10-,13-/m0/s1. The fourth-order valence-electron chi connectivity index (χ4n) is 1.91. The largest absolute Gasteiger partial charge is 0.361 e. The third-order valence-corrected chi connectivity index (χ3v) is 3.46. The lowest BCUT2D eigenvalue weighted by Gasteiger charge is -2.26. The Labute approximate surface area is 131 Å². The van der Waals surface area contributed by atoms with Crippen molar-refractivity contribution >= 4 is 17.8 Å². The summed E-state index contributed by atoms with van der Waals surface area (Å²) in [5, 5.41) is 3.56. The van der Waals surface area contributed by atoms with Gasteiger partial charge in [0.2, 0.25) is 0 Å². The number of ether oxygens (including phenoxy) is 1. The van der Waals surface area contributed by atoms with Gasteiger partial charge in [0.05, 0.1) is 12.3 Å². The molecule has 0 radical (unpaired) electrons. The van der Waals surface area contributed by atoms with Crippen LogP contribution in [0.5, 0.6) is 0 Å². The van der Waals surface area contributed by atoms with Gasteiger partial charge in [-0.25, -0.2) is 4.79 Å². The van der Waals surface area contributed by atoms with Crippen LogP contribution in [0.4, 0.5) is 0 Å². The zero-order valence-electron chi connectivity index (χ0n) is 14.0. The van der Waals surface area contributed by atoms with E-state index in [1.54, 1.807) is 0 Å². The highest BCUT2D eigenvalue weighted by Crippen LogP contribution is 2.16. The van der Waals surface area contributed by atoms with Crippen molar-refractivity contribution in [3.05, 3.63) is 0 Å². The van der Waals surface area contributed by atoms with Gasteiger partial charge in [-0.1, -0.05) is 20.3 Å². The third-order valence-electron chi connectivity index (χ3n) is 3.46. The topological polar surface area (TPSA) is 84.9 Å². The van der Waals surface area contributed by atoms with Crippen molar-refractivity contribution < 1.29 is 24.0 Å². The number of imide groups is 1. The van der Waals surface area contributed by atoms with Crippen LogP contribution in [0.2, 0.25) is 0 Å². The molecule has 1 heterocycles. The average Bonchev–Trinajstić information content (AvgIpc) is 2.73. The van der Waals surface area contributed by atoms with E-state index < -0.39 is 23.8 Å². The molecule has 1 saturated heterocycles. The number of hydrogen-bond acceptors (Lipinski definition) is 6. The van der Waals surface area contributed by atoms with Crippen molar-refractivity contribution in [2.24, 2.45) is 5.92 Å². The highest BCUT2D eigenvalue weighted by atomic mass is 16.7. The van der Waals surface area contributed by atoms with E-state index in [1.807, 2.05) is 34.6 Å². The molecule has 2 amide bonds. The summed E-state index contributed by atoms with van der Waals surface area (Å²) in [4.78, 5) is 40.3. The Hall–Kier alpha value is -1.47. The minimum absolute atomic E-state index is 0.0242. The molecule has 1 N–H and O–H groups in total. The maximum absolute atomic E-state index is 12.3. The Bertz CT molecular complexity index is 414. The van der Waals surface area contributed by atoms with E-state index in [0.717, 1.165) is 6.42 Å². The molecule has 0 unspecified atom stereocenters. The molecule has 7 nitrogen and oxygen atoms in total. The second-order valence-electron chi connectivity index (χ2n) is 6.46. The summed E-state index contributed by atoms with van der Waals surface area (Å²) in [6, 6.07) is -0.645. The maximum Gasteiger partial charge on any atom is 0.350 e. The normalized spacial score (nSPS) is 18.5. The predicted octanol–water partition coefficient (Wildman–Crippen LogP) is 1.37. The molecule has 2 atom stereocenters. The molecular weight excluding hydrogens is 288 g/mol. The minimum atomic E-state index is -0.645. The first-order valence-electron chi connectivity index (χ1n) is 7.60. The first-order chi connectivity index (χ1) is 10.2. The third kappa shape index (κ3) is 5.38. The van der Waals surface area contributed by atoms with Crippen LogP contribution < -0.4 is 5.32 Å². The molecule has 1 aliphatic heterocycles. The predicted molar refractivity (Wildman–Crippen MR) is 79.3 cm³/mol. The van der Waals surface area contributed by atoms with Crippen LogP contribution in [-0.2, 0) is 24.0 Å². The van der Waals surface area contributed by atoms with Gasteiger partial charge in [-0.05, 0) is 26.7 Å². The molecule has 126 valence electrons. The van der Waals surface area contributed by atoms with Crippen molar-refractivity contribution in [1.29, 1.82) is 0 Å². The van der Waals surface area contributed by atoms with Gasteiger partial charge in [0.1, 0.15) is 6.04 Å². The van der Waals surface area contributed by atoms with Gasteiger partial charge >= 0.3 is 5.97 Å². The summed E-state index contributed by atoms with van der Waals surface area (Å²) in [5.74, 6) is -1.63. The first-order valence-corrected chi connectivity index (χ1v) is 7.60. The number of carbonyl (C=O) groups is 3. The van der Waals surface area contributed by atoms with Crippen molar-refractivity contribution in [2.75, 3.05) is 6.73 Å². The second kappa shape index (κ2) is 7.69. The molecule has 0 aromatic carbocycles. The number of hydrogen-bond donors (Lipinski definition) is 1. The average molecular weight is 314 g/mol. The van der Waals surface area contributed by atoms with Crippen LogP contribution in [0.15, 0.2) is 0 Å². The van der Waals surface area contributed by atoms with Crippen LogP contribution in [0.3, 0.4) is 0 Å². The fourth-order valence-corrected chi connectivity index (χ4v) is 1.91. The molecule has 0 aromatic heterocycles. The molecule has 1 aliphatic rings. The number of nitrogens with one attached hydrogen (secondary N) is 1. The first kappa shape index (κ1) is 18.6. The summed E-state index contributed by atoms with van der Waals surface area (Å²) < 4.78 is 5.55. The van der Waals surface area contributed by atoms with Gasteiger partial charge in [-0.2, -0.15) is 0 Å². The lowest BCUT2D eigenvalue weighted by molar-refractivity contribution is -0.200. The minimum Gasteiger partial charge on any atom is -0.361 e. The number of hydroxylamine groups is 2. The Kier molecular flexibility index (Phi) is 6.49. The van der Waals surface area contributed by atoms with Crippen molar-refractivity contribution in [2.45, 2.75) is 65.5 Å². The Morgan fingerprint density at radius 3 is 2.27 bits per heavy atom. The molecular formula is C15H26N2O5. The molecule has 1 fully saturated rings. The van der Waals surface area contributed by atoms with Crippen LogP contribution in [0.1, 0.15) is 53.9 Å². The van der Waals surface area contributed by atoms with E-state index >= 15 is 0 Å². The number of amides is 2. The smallest absolute Gasteiger partial charge is 0.350 e. The van der Waals surface area contributed by atoms with E-state index in [-0.39, 0.29) is 31.1 Å². The molecule has 7 heteroatoms.